The molecule has 112 valence electrons. The van der Waals surface area contributed by atoms with Crippen molar-refractivity contribution in [3.63, 3.8) is 0 Å². The molecule has 20 heavy (non-hydrogen) atoms. The molecule has 0 radical (unpaired) electrons. The van der Waals surface area contributed by atoms with Crippen LogP contribution in [0.4, 0.5) is 5.69 Å². The zero-order chi connectivity index (χ0) is 14.4. The van der Waals surface area contributed by atoms with Crippen molar-refractivity contribution in [2.24, 2.45) is 0 Å². The highest BCUT2D eigenvalue weighted by atomic mass is 16.5. The highest BCUT2D eigenvalue weighted by molar-refractivity contribution is 5.58. The Balaban J connectivity index is 1.98. The van der Waals surface area contributed by atoms with Gasteiger partial charge in [-0.2, -0.15) is 0 Å². The van der Waals surface area contributed by atoms with Gasteiger partial charge < -0.3 is 15.0 Å². The fraction of sp³-hybridized carbons (Fsp3) is 0.647. The number of anilines is 1. The summed E-state index contributed by atoms with van der Waals surface area (Å²) in [6.07, 6.45) is 3.48. The Hall–Kier alpha value is -1.22. The van der Waals surface area contributed by atoms with Crippen LogP contribution in [-0.2, 0) is 0 Å². The number of rotatable bonds is 6. The lowest BCUT2D eigenvalue weighted by atomic mass is 10.0. The molecule has 0 unspecified atom stereocenters. The van der Waals surface area contributed by atoms with E-state index in [1.54, 1.807) is 0 Å². The van der Waals surface area contributed by atoms with Crippen molar-refractivity contribution < 1.29 is 4.74 Å². The SMILES string of the molecule is CCCOc1cc(C)ccc1NC1CCN(CC)CC1. The van der Waals surface area contributed by atoms with Crippen LogP contribution in [0.3, 0.4) is 0 Å². The van der Waals surface area contributed by atoms with Gasteiger partial charge in [0.15, 0.2) is 0 Å². The lowest BCUT2D eigenvalue weighted by Crippen LogP contribution is -2.38. The number of benzene rings is 1. The third kappa shape index (κ3) is 4.14. The first-order valence-electron chi connectivity index (χ1n) is 7.95. The number of hydrogen-bond acceptors (Lipinski definition) is 3. The minimum absolute atomic E-state index is 0.574. The van der Waals surface area contributed by atoms with Crippen LogP contribution in [0.25, 0.3) is 0 Å². The summed E-state index contributed by atoms with van der Waals surface area (Å²) in [6.45, 7) is 10.8. The van der Waals surface area contributed by atoms with Crippen LogP contribution in [0, 0.1) is 6.92 Å². The van der Waals surface area contributed by atoms with E-state index in [1.807, 2.05) is 0 Å². The molecule has 1 heterocycles. The first kappa shape index (κ1) is 15.2. The van der Waals surface area contributed by atoms with E-state index in [0.29, 0.717) is 6.04 Å². The lowest BCUT2D eigenvalue weighted by molar-refractivity contribution is 0.229. The molecule has 0 atom stereocenters. The minimum Gasteiger partial charge on any atom is -0.491 e. The molecule has 3 heteroatoms. The number of piperidine rings is 1. The van der Waals surface area contributed by atoms with E-state index in [0.717, 1.165) is 24.5 Å². The normalized spacial score (nSPS) is 17.1. The highest BCUT2D eigenvalue weighted by Gasteiger charge is 2.18. The average Bonchev–Trinajstić information content (AvgIpc) is 2.48. The van der Waals surface area contributed by atoms with Gasteiger partial charge in [0.25, 0.3) is 0 Å². The molecule has 0 spiro atoms. The Kier molecular flexibility index (Phi) is 5.72. The molecule has 1 aromatic rings. The summed E-state index contributed by atoms with van der Waals surface area (Å²) in [6, 6.07) is 7.03. The average molecular weight is 276 g/mol. The maximum absolute atomic E-state index is 5.88. The lowest BCUT2D eigenvalue weighted by Gasteiger charge is -2.32. The van der Waals surface area contributed by atoms with Crippen molar-refractivity contribution in [1.29, 1.82) is 0 Å². The third-order valence-corrected chi connectivity index (χ3v) is 3.99. The van der Waals surface area contributed by atoms with E-state index >= 15 is 0 Å². The van der Waals surface area contributed by atoms with Crippen LogP contribution < -0.4 is 10.1 Å². The summed E-state index contributed by atoms with van der Waals surface area (Å²) >= 11 is 0. The van der Waals surface area contributed by atoms with Crippen LogP contribution in [0.2, 0.25) is 0 Å². The van der Waals surface area contributed by atoms with Gasteiger partial charge in [-0.1, -0.05) is 19.9 Å². The Labute approximate surface area is 123 Å². The summed E-state index contributed by atoms with van der Waals surface area (Å²) in [7, 11) is 0. The summed E-state index contributed by atoms with van der Waals surface area (Å²) < 4.78 is 5.88. The zero-order valence-corrected chi connectivity index (χ0v) is 13.1. The molecule has 0 aromatic heterocycles. The van der Waals surface area contributed by atoms with Crippen LogP contribution in [0.1, 0.15) is 38.7 Å². The fourth-order valence-electron chi connectivity index (χ4n) is 2.69. The molecule has 1 N–H and O–H groups in total. The first-order chi connectivity index (χ1) is 9.72. The number of likely N-dealkylation sites (tertiary alicyclic amines) is 1. The van der Waals surface area contributed by atoms with Crippen molar-refractivity contribution in [2.75, 3.05) is 31.6 Å². The second-order valence-corrected chi connectivity index (χ2v) is 5.70. The molecule has 1 aromatic carbocycles. The summed E-state index contributed by atoms with van der Waals surface area (Å²) in [5, 5.41) is 3.68. The van der Waals surface area contributed by atoms with E-state index in [-0.39, 0.29) is 0 Å². The number of nitrogens with zero attached hydrogens (tertiary/aromatic N) is 1. The first-order valence-corrected chi connectivity index (χ1v) is 7.95. The minimum atomic E-state index is 0.574. The molecule has 1 aliphatic heterocycles. The Bertz CT molecular complexity index is 411. The van der Waals surface area contributed by atoms with Crippen molar-refractivity contribution in [3.05, 3.63) is 23.8 Å². The largest absolute Gasteiger partial charge is 0.491 e. The van der Waals surface area contributed by atoms with Gasteiger partial charge in [-0.3, -0.25) is 0 Å². The standard InChI is InChI=1S/C17H28N2O/c1-4-12-20-17-13-14(3)6-7-16(17)18-15-8-10-19(5-2)11-9-15/h6-7,13,15,18H,4-5,8-12H2,1-3H3. The molecule has 0 aliphatic carbocycles. The smallest absolute Gasteiger partial charge is 0.142 e. The van der Waals surface area contributed by atoms with Gasteiger partial charge in [-0.15, -0.1) is 0 Å². The van der Waals surface area contributed by atoms with Crippen molar-refractivity contribution in [1.82, 2.24) is 4.90 Å². The molecule has 2 rings (SSSR count). The van der Waals surface area contributed by atoms with Crippen molar-refractivity contribution >= 4 is 5.69 Å². The monoisotopic (exact) mass is 276 g/mol. The molecule has 1 aliphatic rings. The zero-order valence-electron chi connectivity index (χ0n) is 13.1. The van der Waals surface area contributed by atoms with E-state index in [4.69, 9.17) is 4.74 Å². The van der Waals surface area contributed by atoms with Crippen molar-refractivity contribution in [3.8, 4) is 5.75 Å². The summed E-state index contributed by atoms with van der Waals surface area (Å²) in [5.74, 6) is 1.00. The third-order valence-electron chi connectivity index (χ3n) is 3.99. The number of aryl methyl sites for hydroxylation is 1. The summed E-state index contributed by atoms with van der Waals surface area (Å²) in [5.41, 5.74) is 2.40. The van der Waals surface area contributed by atoms with Gasteiger partial charge in [0.2, 0.25) is 0 Å². The number of hydrogen-bond donors (Lipinski definition) is 1. The predicted octanol–water partition coefficient (Wildman–Crippen LogP) is 3.68. The molecule has 3 nitrogen and oxygen atoms in total. The fourth-order valence-corrected chi connectivity index (χ4v) is 2.69. The Morgan fingerprint density at radius 3 is 2.65 bits per heavy atom. The molecule has 1 saturated heterocycles. The molecule has 1 fully saturated rings. The molecular formula is C17H28N2O. The highest BCUT2D eigenvalue weighted by Crippen LogP contribution is 2.28. The molecular weight excluding hydrogens is 248 g/mol. The van der Waals surface area contributed by atoms with Crippen molar-refractivity contribution in [2.45, 2.75) is 46.1 Å². The summed E-state index contributed by atoms with van der Waals surface area (Å²) in [4.78, 5) is 2.52. The Morgan fingerprint density at radius 1 is 1.25 bits per heavy atom. The van der Waals surface area contributed by atoms with Gasteiger partial charge in [0, 0.05) is 19.1 Å². The van der Waals surface area contributed by atoms with Gasteiger partial charge in [0.1, 0.15) is 5.75 Å². The topological polar surface area (TPSA) is 24.5 Å². The molecule has 0 amide bonds. The molecule has 0 bridgehead atoms. The molecule has 0 saturated carbocycles. The number of ether oxygens (including phenoxy) is 1. The van der Waals surface area contributed by atoms with Crippen LogP contribution in [0.15, 0.2) is 18.2 Å². The van der Waals surface area contributed by atoms with Gasteiger partial charge in [-0.25, -0.2) is 0 Å². The maximum Gasteiger partial charge on any atom is 0.142 e. The van der Waals surface area contributed by atoms with Crippen LogP contribution in [0.5, 0.6) is 5.75 Å². The van der Waals surface area contributed by atoms with Crippen LogP contribution in [-0.4, -0.2) is 37.2 Å². The van der Waals surface area contributed by atoms with Gasteiger partial charge in [0.05, 0.1) is 12.3 Å². The van der Waals surface area contributed by atoms with Crippen LogP contribution >= 0.6 is 0 Å². The van der Waals surface area contributed by atoms with E-state index in [2.05, 4.69) is 49.2 Å². The quantitative estimate of drug-likeness (QED) is 0.858. The second kappa shape index (κ2) is 7.53. The van der Waals surface area contributed by atoms with Gasteiger partial charge in [-0.05, 0) is 50.4 Å². The van der Waals surface area contributed by atoms with E-state index in [1.165, 1.54) is 38.0 Å². The van der Waals surface area contributed by atoms with E-state index < -0.39 is 0 Å². The van der Waals surface area contributed by atoms with E-state index in [9.17, 15) is 0 Å². The number of nitrogens with one attached hydrogen (secondary N) is 1. The predicted molar refractivity (Wildman–Crippen MR) is 85.7 cm³/mol. The Morgan fingerprint density at radius 2 is 2.00 bits per heavy atom. The van der Waals surface area contributed by atoms with Gasteiger partial charge >= 0.3 is 0 Å². The maximum atomic E-state index is 5.88. The second-order valence-electron chi connectivity index (χ2n) is 5.70.